The number of rotatable bonds is 6. The summed E-state index contributed by atoms with van der Waals surface area (Å²) in [5.41, 5.74) is 1.53. The molecule has 0 saturated heterocycles. The normalized spacial score (nSPS) is 13.7. The van der Waals surface area contributed by atoms with Crippen molar-refractivity contribution < 1.29 is 14.3 Å². The molecular weight excluding hydrogens is 344 g/mol. The summed E-state index contributed by atoms with van der Waals surface area (Å²) in [7, 11) is 0. The molecule has 24 heavy (non-hydrogen) atoms. The van der Waals surface area contributed by atoms with Gasteiger partial charge in [-0.25, -0.2) is 4.98 Å². The van der Waals surface area contributed by atoms with Crippen LogP contribution in [-0.2, 0) is 27.4 Å². The number of anilines is 1. The Hall–Kier alpha value is -1.86. The van der Waals surface area contributed by atoms with E-state index in [1.165, 1.54) is 16.7 Å². The van der Waals surface area contributed by atoms with Crippen molar-refractivity contribution in [1.82, 2.24) is 4.98 Å². The molecule has 1 aromatic heterocycles. The van der Waals surface area contributed by atoms with Crippen LogP contribution in [0.2, 0.25) is 0 Å². The predicted octanol–water partition coefficient (Wildman–Crippen LogP) is 3.28. The van der Waals surface area contributed by atoms with E-state index in [9.17, 15) is 9.59 Å². The van der Waals surface area contributed by atoms with Crippen molar-refractivity contribution in [2.75, 3.05) is 17.2 Å². The lowest BCUT2D eigenvalue weighted by atomic mass is 10.2. The molecule has 1 aliphatic rings. The van der Waals surface area contributed by atoms with Gasteiger partial charge in [0, 0.05) is 10.3 Å². The number of ether oxygens (including phenoxy) is 1. The van der Waals surface area contributed by atoms with Gasteiger partial charge in [-0.15, -0.1) is 23.1 Å². The van der Waals surface area contributed by atoms with Gasteiger partial charge in [0.1, 0.15) is 13.2 Å². The summed E-state index contributed by atoms with van der Waals surface area (Å²) in [6.07, 6.45) is 1.98. The number of hydrogen-bond acceptors (Lipinski definition) is 6. The van der Waals surface area contributed by atoms with E-state index in [-0.39, 0.29) is 19.1 Å². The van der Waals surface area contributed by atoms with Gasteiger partial charge in [0.2, 0.25) is 5.91 Å². The first-order valence-corrected chi connectivity index (χ1v) is 9.65. The number of aryl methyl sites for hydroxylation is 1. The van der Waals surface area contributed by atoms with Crippen molar-refractivity contribution in [3.8, 4) is 0 Å². The minimum absolute atomic E-state index is 0.0671. The zero-order valence-electron chi connectivity index (χ0n) is 13.4. The zero-order valence-corrected chi connectivity index (χ0v) is 15.0. The summed E-state index contributed by atoms with van der Waals surface area (Å²) in [4.78, 5) is 31.2. The van der Waals surface area contributed by atoms with Crippen molar-refractivity contribution in [3.63, 3.8) is 0 Å². The zero-order chi connectivity index (χ0) is 16.9. The van der Waals surface area contributed by atoms with Crippen molar-refractivity contribution in [2.45, 2.75) is 31.3 Å². The van der Waals surface area contributed by atoms with E-state index in [0.29, 0.717) is 5.75 Å². The molecule has 1 aromatic carbocycles. The molecule has 0 radical (unpaired) electrons. The molecule has 0 atom stereocenters. The monoisotopic (exact) mass is 362 g/mol. The van der Waals surface area contributed by atoms with E-state index in [0.717, 1.165) is 34.1 Å². The van der Waals surface area contributed by atoms with E-state index in [1.54, 1.807) is 11.3 Å². The number of hydrogen-bond donors (Lipinski definition) is 0. The van der Waals surface area contributed by atoms with Crippen molar-refractivity contribution in [2.24, 2.45) is 0 Å². The third-order valence-corrected chi connectivity index (χ3v) is 5.54. The summed E-state index contributed by atoms with van der Waals surface area (Å²) >= 11 is 3.08. The molecule has 126 valence electrons. The Bertz CT molecular complexity index is 745. The topological polar surface area (TPSA) is 59.5 Å². The first-order chi connectivity index (χ1) is 11.7. The second-order valence-electron chi connectivity index (χ2n) is 5.38. The molecule has 1 amide bonds. The number of thioether (sulfide) groups is 1. The van der Waals surface area contributed by atoms with Gasteiger partial charge < -0.3 is 4.74 Å². The highest BCUT2D eigenvalue weighted by atomic mass is 32.2. The van der Waals surface area contributed by atoms with E-state index < -0.39 is 5.97 Å². The van der Waals surface area contributed by atoms with Crippen LogP contribution in [0.3, 0.4) is 0 Å². The molecule has 1 aliphatic heterocycles. The number of para-hydroxylation sites is 1. The average molecular weight is 362 g/mol. The Morgan fingerprint density at radius 1 is 1.38 bits per heavy atom. The van der Waals surface area contributed by atoms with Gasteiger partial charge in [0.15, 0.2) is 0 Å². The molecule has 3 rings (SSSR count). The lowest BCUT2D eigenvalue weighted by molar-refractivity contribution is -0.144. The van der Waals surface area contributed by atoms with Crippen molar-refractivity contribution in [1.29, 1.82) is 0 Å². The second kappa shape index (κ2) is 7.81. The Morgan fingerprint density at radius 2 is 2.21 bits per heavy atom. The Balaban J connectivity index is 1.59. The summed E-state index contributed by atoms with van der Waals surface area (Å²) < 4.78 is 5.29. The highest BCUT2D eigenvalue weighted by Crippen LogP contribution is 2.34. The molecule has 7 heteroatoms. The molecule has 2 aromatic rings. The molecule has 0 N–H and O–H groups in total. The van der Waals surface area contributed by atoms with Gasteiger partial charge >= 0.3 is 5.97 Å². The minimum atomic E-state index is -0.421. The number of fused-ring (bicyclic) bond motifs is 1. The SMILES string of the molecule is CCCc1nc(COC(=O)CN2C(=O)CSc3ccccc32)cs1. The highest BCUT2D eigenvalue weighted by molar-refractivity contribution is 8.00. The minimum Gasteiger partial charge on any atom is -0.458 e. The fourth-order valence-electron chi connectivity index (χ4n) is 2.40. The fraction of sp³-hybridized carbons (Fsp3) is 0.353. The van der Waals surface area contributed by atoms with Gasteiger partial charge in [-0.3, -0.25) is 14.5 Å². The first kappa shape index (κ1) is 17.0. The largest absolute Gasteiger partial charge is 0.458 e. The highest BCUT2D eigenvalue weighted by Gasteiger charge is 2.26. The lowest BCUT2D eigenvalue weighted by Gasteiger charge is -2.27. The molecule has 0 bridgehead atoms. The quantitative estimate of drug-likeness (QED) is 0.738. The Kier molecular flexibility index (Phi) is 5.52. The molecule has 0 saturated carbocycles. The van der Waals surface area contributed by atoms with Gasteiger partial charge in [0.25, 0.3) is 0 Å². The number of carbonyl (C=O) groups excluding carboxylic acids is 2. The molecule has 2 heterocycles. The van der Waals surface area contributed by atoms with Gasteiger partial charge in [-0.05, 0) is 25.0 Å². The van der Waals surface area contributed by atoms with Crippen LogP contribution in [0, 0.1) is 0 Å². The summed E-state index contributed by atoms with van der Waals surface area (Å²) in [5.74, 6) is -0.152. The van der Waals surface area contributed by atoms with Crippen LogP contribution >= 0.6 is 23.1 Å². The number of benzene rings is 1. The maximum absolute atomic E-state index is 12.1. The molecule has 0 spiro atoms. The third-order valence-electron chi connectivity index (χ3n) is 3.54. The van der Waals surface area contributed by atoms with Crippen LogP contribution in [0.5, 0.6) is 0 Å². The van der Waals surface area contributed by atoms with Crippen molar-refractivity contribution >= 4 is 40.7 Å². The van der Waals surface area contributed by atoms with Gasteiger partial charge in [0.05, 0.1) is 22.1 Å². The Labute approximate surface area is 149 Å². The van der Waals surface area contributed by atoms with E-state index in [4.69, 9.17) is 4.74 Å². The van der Waals surface area contributed by atoms with E-state index in [1.807, 2.05) is 29.6 Å². The number of nitrogens with zero attached hydrogens (tertiary/aromatic N) is 2. The van der Waals surface area contributed by atoms with Crippen LogP contribution in [0.4, 0.5) is 5.69 Å². The second-order valence-corrected chi connectivity index (χ2v) is 7.34. The molecule has 0 unspecified atom stereocenters. The third kappa shape index (κ3) is 3.96. The maximum Gasteiger partial charge on any atom is 0.326 e. The average Bonchev–Trinajstić information content (AvgIpc) is 3.04. The van der Waals surface area contributed by atoms with Crippen LogP contribution in [-0.4, -0.2) is 29.2 Å². The summed E-state index contributed by atoms with van der Waals surface area (Å²) in [5, 5.41) is 2.97. The van der Waals surface area contributed by atoms with Gasteiger partial charge in [-0.2, -0.15) is 0 Å². The number of thiazole rings is 1. The van der Waals surface area contributed by atoms with E-state index >= 15 is 0 Å². The number of carbonyl (C=O) groups is 2. The van der Waals surface area contributed by atoms with Crippen LogP contribution in [0.25, 0.3) is 0 Å². The Morgan fingerprint density at radius 3 is 3.04 bits per heavy atom. The lowest BCUT2D eigenvalue weighted by Crippen LogP contribution is -2.39. The van der Waals surface area contributed by atoms with Crippen molar-refractivity contribution in [3.05, 3.63) is 40.3 Å². The van der Waals surface area contributed by atoms with E-state index in [2.05, 4.69) is 11.9 Å². The standard InChI is InChI=1S/C17H18N2O3S2/c1-2-5-15-18-12(10-24-15)9-22-17(21)8-19-13-6-3-4-7-14(13)23-11-16(19)20/h3-4,6-7,10H,2,5,8-9,11H2,1H3. The maximum atomic E-state index is 12.1. The predicted molar refractivity (Wildman–Crippen MR) is 95.4 cm³/mol. The first-order valence-electron chi connectivity index (χ1n) is 7.78. The van der Waals surface area contributed by atoms with Gasteiger partial charge in [-0.1, -0.05) is 19.1 Å². The summed E-state index contributed by atoms with van der Waals surface area (Å²) in [6.45, 7) is 2.19. The molecule has 0 fully saturated rings. The number of amides is 1. The van der Waals surface area contributed by atoms with Crippen LogP contribution < -0.4 is 4.90 Å². The fourth-order valence-corrected chi connectivity index (χ4v) is 4.22. The molecule has 5 nitrogen and oxygen atoms in total. The molecular formula is C17H18N2O3S2. The number of aromatic nitrogens is 1. The van der Waals surface area contributed by atoms with Crippen LogP contribution in [0.15, 0.2) is 34.5 Å². The number of esters is 1. The smallest absolute Gasteiger partial charge is 0.326 e. The summed E-state index contributed by atoms with van der Waals surface area (Å²) in [6, 6.07) is 7.59. The molecule has 0 aliphatic carbocycles. The van der Waals surface area contributed by atoms with Crippen LogP contribution in [0.1, 0.15) is 24.0 Å².